The summed E-state index contributed by atoms with van der Waals surface area (Å²) >= 11 is 5.88. The average Bonchev–Trinajstić information content (AvgIpc) is 2.16. The monoisotopic (exact) mass is 209 g/mol. The predicted octanol–water partition coefficient (Wildman–Crippen LogP) is 2.19. The fraction of sp³-hybridized carbons (Fsp3) is 0.300. The van der Waals surface area contributed by atoms with E-state index in [0.717, 1.165) is 17.1 Å². The Labute approximate surface area is 88.0 Å². The second kappa shape index (κ2) is 3.59. The van der Waals surface area contributed by atoms with Gasteiger partial charge >= 0.3 is 0 Å². The van der Waals surface area contributed by atoms with E-state index in [2.05, 4.69) is 10.3 Å². The minimum atomic E-state index is -0.0189. The van der Waals surface area contributed by atoms with Gasteiger partial charge in [-0.1, -0.05) is 11.6 Å². The lowest BCUT2D eigenvalue weighted by Crippen LogP contribution is -2.33. The Morgan fingerprint density at radius 2 is 2.36 bits per heavy atom. The van der Waals surface area contributed by atoms with Crippen LogP contribution >= 0.6 is 11.6 Å². The summed E-state index contributed by atoms with van der Waals surface area (Å²) < 4.78 is 0. The Morgan fingerprint density at radius 3 is 3.07 bits per heavy atom. The number of anilines is 1. The molecule has 1 aliphatic heterocycles. The van der Waals surface area contributed by atoms with Crippen LogP contribution in [0.4, 0.5) is 11.4 Å². The van der Waals surface area contributed by atoms with Crippen LogP contribution in [-0.2, 0) is 0 Å². The highest BCUT2D eigenvalue weighted by atomic mass is 35.5. The van der Waals surface area contributed by atoms with E-state index in [9.17, 15) is 0 Å². The Kier molecular flexibility index (Phi) is 2.44. The van der Waals surface area contributed by atoms with E-state index in [1.54, 1.807) is 0 Å². The van der Waals surface area contributed by atoms with Gasteiger partial charge in [0.05, 0.1) is 23.6 Å². The molecule has 0 unspecified atom stereocenters. The first-order valence-electron chi connectivity index (χ1n) is 4.53. The van der Waals surface area contributed by atoms with Crippen LogP contribution < -0.4 is 11.1 Å². The fourth-order valence-corrected chi connectivity index (χ4v) is 1.56. The molecule has 0 aromatic heterocycles. The number of rotatable bonds is 1. The number of hydrogen-bond acceptors (Lipinski definition) is 3. The minimum absolute atomic E-state index is 0.0189. The molecule has 2 rings (SSSR count). The average molecular weight is 210 g/mol. The van der Waals surface area contributed by atoms with Gasteiger partial charge in [0.25, 0.3) is 0 Å². The van der Waals surface area contributed by atoms with Gasteiger partial charge in [-0.3, -0.25) is 4.99 Å². The topological polar surface area (TPSA) is 50.4 Å². The van der Waals surface area contributed by atoms with E-state index in [1.807, 2.05) is 25.1 Å². The van der Waals surface area contributed by atoms with Gasteiger partial charge in [-0.25, -0.2) is 0 Å². The highest BCUT2D eigenvalue weighted by Gasteiger charge is 2.13. The molecule has 0 fully saturated rings. The van der Waals surface area contributed by atoms with Crippen molar-refractivity contribution >= 4 is 28.7 Å². The summed E-state index contributed by atoms with van der Waals surface area (Å²) in [4.78, 5) is 4.45. The molecule has 1 aromatic carbocycles. The number of nitrogens with zero attached hydrogens (tertiary/aromatic N) is 1. The van der Waals surface area contributed by atoms with Crippen LogP contribution in [0.15, 0.2) is 23.2 Å². The van der Waals surface area contributed by atoms with Crippen molar-refractivity contribution in [2.24, 2.45) is 10.7 Å². The summed E-state index contributed by atoms with van der Waals surface area (Å²) in [5.41, 5.74) is 8.60. The first-order valence-corrected chi connectivity index (χ1v) is 4.91. The molecular formula is C10H12ClN3. The summed E-state index contributed by atoms with van der Waals surface area (Å²) in [7, 11) is 0. The summed E-state index contributed by atoms with van der Waals surface area (Å²) in [6, 6.07) is 5.60. The Hall–Kier alpha value is -1.06. The lowest BCUT2D eigenvalue weighted by Gasteiger charge is -2.19. The van der Waals surface area contributed by atoms with Crippen molar-refractivity contribution < 1.29 is 0 Å². The van der Waals surface area contributed by atoms with Gasteiger partial charge in [0, 0.05) is 11.1 Å². The molecule has 0 amide bonds. The molecule has 0 bridgehead atoms. The first kappa shape index (κ1) is 9.49. The van der Waals surface area contributed by atoms with Crippen molar-refractivity contribution in [1.29, 1.82) is 0 Å². The van der Waals surface area contributed by atoms with Crippen LogP contribution in [0.2, 0.25) is 5.02 Å². The van der Waals surface area contributed by atoms with Crippen LogP contribution in [0.3, 0.4) is 0 Å². The molecule has 0 radical (unpaired) electrons. The standard InChI is InChI=1S/C10H12ClN3/c1-6(12)10-5-13-8-3-2-7(11)4-9(8)14-10/h2-4,6,13H,5,12H2,1H3/t6-/m0/s1. The van der Waals surface area contributed by atoms with Crippen LogP contribution in [0, 0.1) is 0 Å². The summed E-state index contributed by atoms with van der Waals surface area (Å²) in [6.45, 7) is 2.64. The number of benzene rings is 1. The van der Waals surface area contributed by atoms with Crippen LogP contribution in [0.5, 0.6) is 0 Å². The van der Waals surface area contributed by atoms with Gasteiger partial charge in [0.15, 0.2) is 0 Å². The Balaban J connectivity index is 2.42. The Bertz CT molecular complexity index is 385. The third-order valence-corrected chi connectivity index (χ3v) is 2.44. The first-order chi connectivity index (χ1) is 6.66. The number of halogens is 1. The van der Waals surface area contributed by atoms with Gasteiger partial charge < -0.3 is 11.1 Å². The number of hydrogen-bond donors (Lipinski definition) is 2. The number of fused-ring (bicyclic) bond motifs is 1. The van der Waals surface area contributed by atoms with Crippen molar-refractivity contribution in [1.82, 2.24) is 0 Å². The maximum absolute atomic E-state index is 5.88. The molecule has 14 heavy (non-hydrogen) atoms. The van der Waals surface area contributed by atoms with Crippen molar-refractivity contribution in [3.63, 3.8) is 0 Å². The maximum atomic E-state index is 5.88. The predicted molar refractivity (Wildman–Crippen MR) is 60.7 cm³/mol. The summed E-state index contributed by atoms with van der Waals surface area (Å²) in [5.74, 6) is 0. The normalized spacial score (nSPS) is 16.6. The highest BCUT2D eigenvalue weighted by Crippen LogP contribution is 2.30. The van der Waals surface area contributed by atoms with Gasteiger partial charge in [0.1, 0.15) is 0 Å². The Morgan fingerprint density at radius 1 is 1.57 bits per heavy atom. The molecule has 74 valence electrons. The largest absolute Gasteiger partial charge is 0.378 e. The van der Waals surface area contributed by atoms with E-state index in [0.29, 0.717) is 11.6 Å². The minimum Gasteiger partial charge on any atom is -0.378 e. The van der Waals surface area contributed by atoms with Gasteiger partial charge in [0.2, 0.25) is 0 Å². The van der Waals surface area contributed by atoms with Crippen LogP contribution in [-0.4, -0.2) is 18.3 Å². The van der Waals surface area contributed by atoms with Crippen LogP contribution in [0.1, 0.15) is 6.92 Å². The second-order valence-corrected chi connectivity index (χ2v) is 3.84. The van der Waals surface area contributed by atoms with Crippen molar-refractivity contribution in [3.8, 4) is 0 Å². The molecule has 0 aliphatic carbocycles. The van der Waals surface area contributed by atoms with Crippen molar-refractivity contribution in [2.45, 2.75) is 13.0 Å². The SMILES string of the molecule is C[C@H](N)C1=Nc2cc(Cl)ccc2NC1. The third-order valence-electron chi connectivity index (χ3n) is 2.21. The highest BCUT2D eigenvalue weighted by molar-refractivity contribution is 6.31. The second-order valence-electron chi connectivity index (χ2n) is 3.41. The van der Waals surface area contributed by atoms with E-state index in [1.165, 1.54) is 0 Å². The molecule has 0 spiro atoms. The van der Waals surface area contributed by atoms with E-state index in [4.69, 9.17) is 17.3 Å². The van der Waals surface area contributed by atoms with E-state index in [-0.39, 0.29) is 6.04 Å². The zero-order valence-electron chi connectivity index (χ0n) is 7.92. The number of aliphatic imine (C=N–C) groups is 1. The van der Waals surface area contributed by atoms with E-state index < -0.39 is 0 Å². The molecule has 0 saturated heterocycles. The lowest BCUT2D eigenvalue weighted by atomic mass is 10.1. The molecule has 1 aromatic rings. The number of nitrogens with two attached hydrogens (primary N) is 1. The van der Waals surface area contributed by atoms with Crippen molar-refractivity contribution in [3.05, 3.63) is 23.2 Å². The zero-order valence-corrected chi connectivity index (χ0v) is 8.67. The maximum Gasteiger partial charge on any atom is 0.0876 e. The number of nitrogens with one attached hydrogen (secondary N) is 1. The lowest BCUT2D eigenvalue weighted by molar-refractivity contribution is 0.951. The summed E-state index contributed by atoms with van der Waals surface area (Å²) in [5, 5.41) is 3.95. The van der Waals surface area contributed by atoms with E-state index >= 15 is 0 Å². The zero-order chi connectivity index (χ0) is 10.1. The van der Waals surface area contributed by atoms with Gasteiger partial charge in [-0.05, 0) is 25.1 Å². The van der Waals surface area contributed by atoms with Crippen molar-refractivity contribution in [2.75, 3.05) is 11.9 Å². The molecule has 3 nitrogen and oxygen atoms in total. The smallest absolute Gasteiger partial charge is 0.0876 e. The molecule has 4 heteroatoms. The molecule has 0 saturated carbocycles. The molecule has 1 heterocycles. The van der Waals surface area contributed by atoms with Gasteiger partial charge in [-0.15, -0.1) is 0 Å². The quantitative estimate of drug-likeness (QED) is 0.745. The van der Waals surface area contributed by atoms with Gasteiger partial charge in [-0.2, -0.15) is 0 Å². The molecule has 3 N–H and O–H groups in total. The summed E-state index contributed by atoms with van der Waals surface area (Å²) in [6.07, 6.45) is 0. The fourth-order valence-electron chi connectivity index (χ4n) is 1.39. The molecule has 1 aliphatic rings. The molecular weight excluding hydrogens is 198 g/mol. The van der Waals surface area contributed by atoms with Crippen LogP contribution in [0.25, 0.3) is 0 Å². The molecule has 1 atom stereocenters. The third kappa shape index (κ3) is 1.74.